The van der Waals surface area contributed by atoms with Crippen molar-refractivity contribution in [3.05, 3.63) is 138 Å². The highest BCUT2D eigenvalue weighted by Gasteiger charge is 2.15. The van der Waals surface area contributed by atoms with Crippen LogP contribution in [0.3, 0.4) is 0 Å². The molecule has 0 spiro atoms. The van der Waals surface area contributed by atoms with E-state index in [9.17, 15) is 0 Å². The minimum absolute atomic E-state index is 0.0754. The van der Waals surface area contributed by atoms with Crippen LogP contribution in [0.2, 0.25) is 0 Å². The first kappa shape index (κ1) is 16.2. The first-order chi connectivity index (χ1) is 23.2. The molecule has 0 N–H and O–H groups in total. The number of hydrogen-bond acceptors (Lipinski definition) is 2. The molecule has 0 radical (unpaired) electrons. The number of hydrogen-bond donors (Lipinski definition) is 0. The molecule has 7 rings (SSSR count). The lowest BCUT2D eigenvalue weighted by atomic mass is 9.91. The number of pyridine rings is 1. The number of benzene rings is 5. The second-order valence-electron chi connectivity index (χ2n) is 9.78. The van der Waals surface area contributed by atoms with Crippen LogP contribution < -0.4 is 0 Å². The fourth-order valence-electron chi connectivity index (χ4n) is 5.33. The zero-order chi connectivity index (χ0) is 34.7. The predicted molar refractivity (Wildman–Crippen MR) is 167 cm³/mol. The summed E-state index contributed by atoms with van der Waals surface area (Å²) < 4.78 is 81.6. The Kier molecular flexibility index (Phi) is 3.92. The van der Waals surface area contributed by atoms with E-state index in [2.05, 4.69) is 4.98 Å². The van der Waals surface area contributed by atoms with Gasteiger partial charge in [-0.05, 0) is 88.8 Å². The molecule has 40 heavy (non-hydrogen) atoms. The Labute approximate surface area is 247 Å². The van der Waals surface area contributed by atoms with Crippen LogP contribution in [-0.2, 0) is 0 Å². The largest absolute Gasteiger partial charge is 0.455 e. The topological polar surface area (TPSA) is 26.0 Å². The van der Waals surface area contributed by atoms with E-state index in [1.165, 1.54) is 12.3 Å². The van der Waals surface area contributed by atoms with Gasteiger partial charge in [0.15, 0.2) is 0 Å². The molecule has 0 aliphatic heterocycles. The van der Waals surface area contributed by atoms with Gasteiger partial charge in [-0.2, -0.15) is 0 Å². The minimum atomic E-state index is -2.68. The van der Waals surface area contributed by atoms with Crippen molar-refractivity contribution in [2.24, 2.45) is 0 Å². The molecule has 0 aliphatic rings. The molecular formula is C38H29NO. The molecule has 192 valence electrons. The number of fused-ring (bicyclic) bond motifs is 3. The Bertz CT molecular complexity index is 2350. The zero-order valence-electron chi connectivity index (χ0n) is 30.4. The van der Waals surface area contributed by atoms with Crippen LogP contribution in [0, 0.1) is 20.6 Å². The molecule has 0 aliphatic carbocycles. The third-order valence-electron chi connectivity index (χ3n) is 7.33. The van der Waals surface area contributed by atoms with Crippen LogP contribution in [0.5, 0.6) is 0 Å². The number of para-hydroxylation sites is 2. The van der Waals surface area contributed by atoms with E-state index in [0.717, 1.165) is 16.3 Å². The van der Waals surface area contributed by atoms with Gasteiger partial charge in [-0.1, -0.05) is 97.1 Å². The fraction of sp³-hybridized carbons (Fsp3) is 0.0789. The van der Waals surface area contributed by atoms with Crippen molar-refractivity contribution < 1.29 is 16.8 Å². The zero-order valence-corrected chi connectivity index (χ0v) is 21.4. The fourth-order valence-corrected chi connectivity index (χ4v) is 5.33. The molecule has 2 heterocycles. The van der Waals surface area contributed by atoms with Gasteiger partial charge in [-0.3, -0.25) is 4.98 Å². The molecule has 0 fully saturated rings. The standard InChI is InChI=1S/C38H29NO/c1-24-20-28(27-10-5-4-6-11-27)16-18-30(24)29-17-19-31(25(2)21-29)35-22-36(39-23-26(35)3)34-14-9-13-33-32-12-7-8-15-37(32)40-38(33)34/h4-23H,1-3H3/i1D3,2D3,3D3. The Balaban J connectivity index is 1.43. The normalized spacial score (nSPS) is 15.7. The number of aromatic nitrogens is 1. The maximum atomic E-state index is 8.51. The SMILES string of the molecule is [2H]C([2H])([2H])c1cc(-c2ccccc2)ccc1-c1ccc(-c2cc(-c3cccc4c3oc3ccccc34)ncc2C([2H])([2H])[2H])c(C([2H])([2H])[2H])c1. The van der Waals surface area contributed by atoms with E-state index in [4.69, 9.17) is 16.8 Å². The van der Waals surface area contributed by atoms with Crippen LogP contribution in [0.15, 0.2) is 126 Å². The summed E-state index contributed by atoms with van der Waals surface area (Å²) in [6.45, 7) is -7.78. The van der Waals surface area contributed by atoms with Crippen molar-refractivity contribution in [2.45, 2.75) is 20.6 Å². The third-order valence-corrected chi connectivity index (χ3v) is 7.33. The lowest BCUT2D eigenvalue weighted by Gasteiger charge is -2.15. The molecule has 2 heteroatoms. The monoisotopic (exact) mass is 524 g/mol. The Morgan fingerprint density at radius 1 is 0.525 bits per heavy atom. The lowest BCUT2D eigenvalue weighted by Crippen LogP contribution is -1.93. The highest BCUT2D eigenvalue weighted by atomic mass is 16.3. The second kappa shape index (κ2) is 9.66. The summed E-state index contributed by atoms with van der Waals surface area (Å²) in [7, 11) is 0. The van der Waals surface area contributed by atoms with Crippen LogP contribution in [0.4, 0.5) is 0 Å². The van der Waals surface area contributed by atoms with Gasteiger partial charge in [0, 0.05) is 34.9 Å². The highest BCUT2D eigenvalue weighted by Crippen LogP contribution is 2.38. The maximum Gasteiger partial charge on any atom is 0.144 e. The molecule has 7 aromatic rings. The van der Waals surface area contributed by atoms with E-state index >= 15 is 0 Å². The van der Waals surface area contributed by atoms with Gasteiger partial charge in [0.1, 0.15) is 11.2 Å². The second-order valence-corrected chi connectivity index (χ2v) is 9.78. The van der Waals surface area contributed by atoms with Crippen LogP contribution in [0.25, 0.3) is 66.6 Å². The van der Waals surface area contributed by atoms with Gasteiger partial charge in [0.25, 0.3) is 0 Å². The van der Waals surface area contributed by atoms with Gasteiger partial charge in [0.05, 0.1) is 5.69 Å². The molecule has 0 atom stereocenters. The number of nitrogens with zero attached hydrogens (tertiary/aromatic N) is 1. The van der Waals surface area contributed by atoms with E-state index in [0.29, 0.717) is 39.1 Å². The summed E-state index contributed by atoms with van der Waals surface area (Å²) in [5, 5.41) is 1.79. The van der Waals surface area contributed by atoms with Crippen molar-refractivity contribution in [2.75, 3.05) is 0 Å². The number of furan rings is 1. The van der Waals surface area contributed by atoms with Gasteiger partial charge in [-0.25, -0.2) is 0 Å². The van der Waals surface area contributed by atoms with Crippen molar-refractivity contribution in [1.82, 2.24) is 4.98 Å². The van der Waals surface area contributed by atoms with E-state index in [1.54, 1.807) is 30.3 Å². The van der Waals surface area contributed by atoms with E-state index in [1.807, 2.05) is 78.9 Å². The van der Waals surface area contributed by atoms with E-state index < -0.39 is 20.6 Å². The van der Waals surface area contributed by atoms with Gasteiger partial charge in [0.2, 0.25) is 0 Å². The molecule has 0 bridgehead atoms. The smallest absolute Gasteiger partial charge is 0.144 e. The Morgan fingerprint density at radius 2 is 1.25 bits per heavy atom. The quantitative estimate of drug-likeness (QED) is 0.229. The average molecular weight is 525 g/mol. The highest BCUT2D eigenvalue weighted by molar-refractivity contribution is 6.09. The minimum Gasteiger partial charge on any atom is -0.455 e. The molecule has 2 aromatic heterocycles. The molecule has 0 unspecified atom stereocenters. The summed E-state index contributed by atoms with van der Waals surface area (Å²) in [4.78, 5) is 4.53. The summed E-state index contributed by atoms with van der Waals surface area (Å²) in [6.07, 6.45) is 1.27. The molecule has 0 amide bonds. The maximum absolute atomic E-state index is 8.51. The van der Waals surface area contributed by atoms with Crippen LogP contribution in [0.1, 0.15) is 29.0 Å². The van der Waals surface area contributed by atoms with Gasteiger partial charge in [-0.15, -0.1) is 0 Å². The lowest BCUT2D eigenvalue weighted by molar-refractivity contribution is 0.670. The van der Waals surface area contributed by atoms with Crippen molar-refractivity contribution >= 4 is 21.9 Å². The van der Waals surface area contributed by atoms with E-state index in [-0.39, 0.29) is 27.8 Å². The Hall–Kier alpha value is -4.95. The van der Waals surface area contributed by atoms with Crippen molar-refractivity contribution in [3.63, 3.8) is 0 Å². The number of aryl methyl sites for hydroxylation is 3. The van der Waals surface area contributed by atoms with Crippen molar-refractivity contribution in [3.8, 4) is 44.6 Å². The predicted octanol–water partition coefficient (Wildman–Crippen LogP) is 10.6. The van der Waals surface area contributed by atoms with Gasteiger partial charge >= 0.3 is 0 Å². The van der Waals surface area contributed by atoms with Crippen LogP contribution >= 0.6 is 0 Å². The van der Waals surface area contributed by atoms with Crippen LogP contribution in [-0.4, -0.2) is 4.98 Å². The Morgan fingerprint density at radius 3 is 2.12 bits per heavy atom. The average Bonchev–Trinajstić information content (AvgIpc) is 3.46. The van der Waals surface area contributed by atoms with Crippen molar-refractivity contribution in [1.29, 1.82) is 0 Å². The first-order valence-corrected chi connectivity index (χ1v) is 13.0. The summed E-state index contributed by atoms with van der Waals surface area (Å²) >= 11 is 0. The summed E-state index contributed by atoms with van der Waals surface area (Å²) in [6, 6.07) is 34.0. The molecule has 2 nitrogen and oxygen atoms in total. The summed E-state index contributed by atoms with van der Waals surface area (Å²) in [5.74, 6) is 0. The summed E-state index contributed by atoms with van der Waals surface area (Å²) in [5.41, 5.74) is 4.84. The first-order valence-electron chi connectivity index (χ1n) is 17.5. The van der Waals surface area contributed by atoms with Gasteiger partial charge < -0.3 is 4.42 Å². The molecule has 5 aromatic carbocycles. The molecule has 0 saturated carbocycles. The molecular weight excluding hydrogens is 486 g/mol. The third kappa shape index (κ3) is 4.10. The molecule has 0 saturated heterocycles. The number of rotatable bonds is 4.